The third-order valence-corrected chi connectivity index (χ3v) is 3.73. The fourth-order valence-corrected chi connectivity index (χ4v) is 2.39. The molecule has 0 aliphatic rings. The van der Waals surface area contributed by atoms with Crippen LogP contribution in [0.15, 0.2) is 54.6 Å². The molecule has 0 heterocycles. The zero-order chi connectivity index (χ0) is 16.7. The Morgan fingerprint density at radius 3 is 2.22 bits per heavy atom. The minimum absolute atomic E-state index is 0.0133. The van der Waals surface area contributed by atoms with Gasteiger partial charge in [-0.3, -0.25) is 4.79 Å². The van der Waals surface area contributed by atoms with Crippen LogP contribution in [-0.2, 0) is 13.2 Å². The minimum atomic E-state index is -0.0707. The predicted octanol–water partition coefficient (Wildman–Crippen LogP) is 2.45. The van der Waals surface area contributed by atoms with E-state index in [-0.39, 0.29) is 25.0 Å². The predicted molar refractivity (Wildman–Crippen MR) is 89.8 cm³/mol. The summed E-state index contributed by atoms with van der Waals surface area (Å²) in [5, 5.41) is 18.4. The van der Waals surface area contributed by atoms with Crippen molar-refractivity contribution < 1.29 is 15.0 Å². The molecule has 2 N–H and O–H groups in total. The maximum atomic E-state index is 12.8. The van der Waals surface area contributed by atoms with E-state index < -0.39 is 0 Å². The van der Waals surface area contributed by atoms with Gasteiger partial charge >= 0.3 is 0 Å². The van der Waals surface area contributed by atoms with E-state index in [2.05, 4.69) is 0 Å². The van der Waals surface area contributed by atoms with Crippen molar-refractivity contribution in [1.82, 2.24) is 4.90 Å². The van der Waals surface area contributed by atoms with Gasteiger partial charge in [0.2, 0.25) is 0 Å². The molecular formula is C19H23NO3. The first-order chi connectivity index (χ1) is 11.1. The number of hydrogen-bond donors (Lipinski definition) is 2. The molecule has 0 saturated heterocycles. The van der Waals surface area contributed by atoms with Crippen LogP contribution in [0, 0.1) is 5.92 Å². The van der Waals surface area contributed by atoms with Crippen LogP contribution in [-0.4, -0.2) is 34.2 Å². The molecule has 1 amide bonds. The van der Waals surface area contributed by atoms with Gasteiger partial charge in [-0.1, -0.05) is 49.4 Å². The second-order valence-electron chi connectivity index (χ2n) is 5.81. The first kappa shape index (κ1) is 17.2. The molecule has 23 heavy (non-hydrogen) atoms. The summed E-state index contributed by atoms with van der Waals surface area (Å²) in [6.07, 6.45) is 0. The SMILES string of the molecule is CC(CO)CN(Cc1ccccc1)C(=O)c1ccc(CO)cc1. The van der Waals surface area contributed by atoms with Crippen molar-refractivity contribution in [2.45, 2.75) is 20.1 Å². The Hall–Kier alpha value is -2.17. The fraction of sp³-hybridized carbons (Fsp3) is 0.316. The van der Waals surface area contributed by atoms with Crippen molar-refractivity contribution in [3.05, 3.63) is 71.3 Å². The summed E-state index contributed by atoms with van der Waals surface area (Å²) in [6.45, 7) is 2.92. The summed E-state index contributed by atoms with van der Waals surface area (Å²) >= 11 is 0. The second kappa shape index (κ2) is 8.46. The molecule has 0 aliphatic carbocycles. The van der Waals surface area contributed by atoms with Crippen LogP contribution in [0.1, 0.15) is 28.4 Å². The molecule has 4 heteroatoms. The van der Waals surface area contributed by atoms with Crippen molar-refractivity contribution >= 4 is 5.91 Å². The molecule has 0 radical (unpaired) electrons. The lowest BCUT2D eigenvalue weighted by molar-refractivity contribution is 0.0694. The van der Waals surface area contributed by atoms with E-state index in [4.69, 9.17) is 5.11 Å². The molecular weight excluding hydrogens is 290 g/mol. The maximum Gasteiger partial charge on any atom is 0.254 e. The van der Waals surface area contributed by atoms with Crippen LogP contribution in [0.25, 0.3) is 0 Å². The van der Waals surface area contributed by atoms with Crippen LogP contribution < -0.4 is 0 Å². The molecule has 0 aliphatic heterocycles. The molecule has 1 unspecified atom stereocenters. The van der Waals surface area contributed by atoms with E-state index in [1.165, 1.54) is 0 Å². The molecule has 0 spiro atoms. The number of aliphatic hydroxyl groups is 2. The number of hydrogen-bond acceptors (Lipinski definition) is 3. The normalized spacial score (nSPS) is 12.0. The topological polar surface area (TPSA) is 60.8 Å². The van der Waals surface area contributed by atoms with E-state index in [1.807, 2.05) is 37.3 Å². The molecule has 0 fully saturated rings. The smallest absolute Gasteiger partial charge is 0.254 e. The number of aliphatic hydroxyl groups excluding tert-OH is 2. The van der Waals surface area contributed by atoms with Crippen molar-refractivity contribution in [2.75, 3.05) is 13.2 Å². The van der Waals surface area contributed by atoms with E-state index in [1.54, 1.807) is 29.2 Å². The quantitative estimate of drug-likeness (QED) is 0.825. The highest BCUT2D eigenvalue weighted by molar-refractivity contribution is 5.94. The highest BCUT2D eigenvalue weighted by atomic mass is 16.3. The number of carbonyl (C=O) groups is 1. The lowest BCUT2D eigenvalue weighted by atomic mass is 10.1. The summed E-state index contributed by atoms with van der Waals surface area (Å²) in [7, 11) is 0. The molecule has 0 saturated carbocycles. The van der Waals surface area contributed by atoms with Crippen LogP contribution in [0.2, 0.25) is 0 Å². The van der Waals surface area contributed by atoms with E-state index >= 15 is 0 Å². The maximum absolute atomic E-state index is 12.8. The van der Waals surface area contributed by atoms with Crippen LogP contribution in [0.4, 0.5) is 0 Å². The Morgan fingerprint density at radius 1 is 1.00 bits per heavy atom. The summed E-state index contributed by atoms with van der Waals surface area (Å²) < 4.78 is 0. The van der Waals surface area contributed by atoms with Crippen molar-refractivity contribution in [3.63, 3.8) is 0 Å². The number of carbonyl (C=O) groups excluding carboxylic acids is 1. The Kier molecular flexibility index (Phi) is 6.32. The van der Waals surface area contributed by atoms with Gasteiger partial charge in [0.15, 0.2) is 0 Å². The minimum Gasteiger partial charge on any atom is -0.396 e. The van der Waals surface area contributed by atoms with Gasteiger partial charge in [-0.2, -0.15) is 0 Å². The molecule has 2 rings (SSSR count). The summed E-state index contributed by atoms with van der Waals surface area (Å²) in [6, 6.07) is 16.8. The molecule has 122 valence electrons. The monoisotopic (exact) mass is 313 g/mol. The second-order valence-corrected chi connectivity index (χ2v) is 5.81. The molecule has 1 atom stereocenters. The Balaban J connectivity index is 2.18. The molecule has 0 bridgehead atoms. The number of benzene rings is 2. The van der Waals surface area contributed by atoms with Gasteiger partial charge in [0.25, 0.3) is 5.91 Å². The first-order valence-corrected chi connectivity index (χ1v) is 7.78. The molecule has 2 aromatic carbocycles. The standard InChI is InChI=1S/C19H23NO3/c1-15(13-21)11-20(12-16-5-3-2-4-6-16)19(23)18-9-7-17(14-22)8-10-18/h2-10,15,21-22H,11-14H2,1H3. The van der Waals surface area contributed by atoms with Gasteiger partial charge in [0, 0.05) is 25.3 Å². The third-order valence-electron chi connectivity index (χ3n) is 3.73. The fourth-order valence-electron chi connectivity index (χ4n) is 2.39. The highest BCUT2D eigenvalue weighted by Crippen LogP contribution is 2.13. The average Bonchev–Trinajstić information content (AvgIpc) is 2.61. The van der Waals surface area contributed by atoms with Crippen LogP contribution >= 0.6 is 0 Å². The molecule has 4 nitrogen and oxygen atoms in total. The summed E-state index contributed by atoms with van der Waals surface area (Å²) in [5.41, 5.74) is 2.42. The lowest BCUT2D eigenvalue weighted by Crippen LogP contribution is -2.35. The van der Waals surface area contributed by atoms with Crippen LogP contribution in [0.3, 0.4) is 0 Å². The Bertz CT molecular complexity index is 610. The third kappa shape index (κ3) is 4.91. The molecule has 2 aromatic rings. The summed E-state index contributed by atoms with van der Waals surface area (Å²) in [5.74, 6) is -0.0574. The van der Waals surface area contributed by atoms with Gasteiger partial charge in [0.1, 0.15) is 0 Å². The zero-order valence-electron chi connectivity index (χ0n) is 13.4. The van der Waals surface area contributed by atoms with Crippen molar-refractivity contribution in [2.24, 2.45) is 5.92 Å². The summed E-state index contributed by atoms with van der Waals surface area (Å²) in [4.78, 5) is 14.5. The van der Waals surface area contributed by atoms with Crippen LogP contribution in [0.5, 0.6) is 0 Å². The number of amides is 1. The van der Waals surface area contributed by atoms with Gasteiger partial charge in [-0.15, -0.1) is 0 Å². The number of rotatable bonds is 7. The van der Waals surface area contributed by atoms with Gasteiger partial charge in [-0.25, -0.2) is 0 Å². The Labute approximate surface area is 137 Å². The van der Waals surface area contributed by atoms with E-state index in [0.29, 0.717) is 18.7 Å². The van der Waals surface area contributed by atoms with E-state index in [9.17, 15) is 9.90 Å². The first-order valence-electron chi connectivity index (χ1n) is 7.78. The van der Waals surface area contributed by atoms with Gasteiger partial charge in [-0.05, 0) is 29.2 Å². The molecule has 0 aromatic heterocycles. The average molecular weight is 313 g/mol. The highest BCUT2D eigenvalue weighted by Gasteiger charge is 2.18. The Morgan fingerprint density at radius 2 is 1.65 bits per heavy atom. The van der Waals surface area contributed by atoms with Gasteiger partial charge < -0.3 is 15.1 Å². The van der Waals surface area contributed by atoms with E-state index in [0.717, 1.165) is 11.1 Å². The number of nitrogens with zero attached hydrogens (tertiary/aromatic N) is 1. The van der Waals surface area contributed by atoms with Gasteiger partial charge in [0.05, 0.1) is 6.61 Å². The zero-order valence-corrected chi connectivity index (χ0v) is 13.4. The largest absolute Gasteiger partial charge is 0.396 e. The van der Waals surface area contributed by atoms with Crippen molar-refractivity contribution in [1.29, 1.82) is 0 Å². The van der Waals surface area contributed by atoms with Crippen molar-refractivity contribution in [3.8, 4) is 0 Å². The lowest BCUT2D eigenvalue weighted by Gasteiger charge is -2.25.